The molecule has 13 nitrogen and oxygen atoms in total. The minimum absolute atomic E-state index is 0.0221. The molecule has 2 aromatic heterocycles. The first-order chi connectivity index (χ1) is 21.3. The van der Waals surface area contributed by atoms with Crippen LogP contribution < -0.4 is 10.6 Å². The van der Waals surface area contributed by atoms with Gasteiger partial charge in [-0.25, -0.2) is 14.8 Å². The number of aryl methyl sites for hydroxylation is 1. The van der Waals surface area contributed by atoms with Gasteiger partial charge < -0.3 is 34.4 Å². The molecule has 0 spiro atoms. The molecule has 5 rings (SSSR count). The monoisotopic (exact) mass is 623 g/mol. The number of rotatable bonds is 9. The van der Waals surface area contributed by atoms with Gasteiger partial charge in [-0.15, -0.1) is 11.3 Å². The predicted molar refractivity (Wildman–Crippen MR) is 168 cm³/mol. The van der Waals surface area contributed by atoms with E-state index in [1.807, 2.05) is 36.1 Å². The SMILES string of the molecule is CCOC(=O)C(=NOC)c1csc(NC(=N[C@H]2CCCCN(CC(=O)N3CCCC3)C2=O)Nc2ccc3oc(C)cc3c2)n1. The number of thiazole rings is 1. The molecule has 44 heavy (non-hydrogen) atoms. The number of hydrogen-bond donors (Lipinski definition) is 2. The highest BCUT2D eigenvalue weighted by Crippen LogP contribution is 2.24. The lowest BCUT2D eigenvalue weighted by Crippen LogP contribution is -2.45. The van der Waals surface area contributed by atoms with Crippen LogP contribution in [0.3, 0.4) is 0 Å². The van der Waals surface area contributed by atoms with E-state index < -0.39 is 12.0 Å². The number of benzene rings is 1. The number of anilines is 2. The molecule has 0 saturated carbocycles. The second-order valence-corrected chi connectivity index (χ2v) is 11.4. The van der Waals surface area contributed by atoms with E-state index >= 15 is 0 Å². The quantitative estimate of drug-likeness (QED) is 0.156. The molecule has 0 bridgehead atoms. The van der Waals surface area contributed by atoms with Crippen molar-refractivity contribution in [1.29, 1.82) is 0 Å². The van der Waals surface area contributed by atoms with E-state index in [-0.39, 0.29) is 42.3 Å². The Kier molecular flexibility index (Phi) is 10.1. The van der Waals surface area contributed by atoms with E-state index in [1.165, 1.54) is 18.4 Å². The van der Waals surface area contributed by atoms with Crippen molar-refractivity contribution < 1.29 is 28.4 Å². The van der Waals surface area contributed by atoms with E-state index in [9.17, 15) is 14.4 Å². The average Bonchev–Trinajstić information content (AvgIpc) is 3.75. The summed E-state index contributed by atoms with van der Waals surface area (Å²) < 4.78 is 10.8. The summed E-state index contributed by atoms with van der Waals surface area (Å²) in [5, 5.41) is 13.3. The molecule has 2 saturated heterocycles. The molecule has 234 valence electrons. The number of carbonyl (C=O) groups is 3. The lowest BCUT2D eigenvalue weighted by molar-refractivity contribution is -0.140. The number of aromatic nitrogens is 1. The number of oxime groups is 1. The number of fused-ring (bicyclic) bond motifs is 1. The molecule has 1 aromatic carbocycles. The fraction of sp³-hybridized carbons (Fsp3) is 0.467. The zero-order valence-corrected chi connectivity index (χ0v) is 25.9. The molecule has 0 radical (unpaired) electrons. The van der Waals surface area contributed by atoms with Crippen molar-refractivity contribution in [2.24, 2.45) is 10.1 Å². The highest BCUT2D eigenvalue weighted by atomic mass is 32.1. The first kappa shape index (κ1) is 31.0. The molecular weight excluding hydrogens is 586 g/mol. The van der Waals surface area contributed by atoms with Gasteiger partial charge in [0.25, 0.3) is 0 Å². The summed E-state index contributed by atoms with van der Waals surface area (Å²) in [4.78, 5) is 56.7. The molecule has 14 heteroatoms. The van der Waals surface area contributed by atoms with E-state index in [0.29, 0.717) is 18.1 Å². The van der Waals surface area contributed by atoms with E-state index in [1.54, 1.807) is 17.2 Å². The number of likely N-dealkylation sites (tertiary alicyclic amines) is 2. The Morgan fingerprint density at radius 3 is 2.70 bits per heavy atom. The van der Waals surface area contributed by atoms with Crippen molar-refractivity contribution in [2.45, 2.75) is 52.0 Å². The topological polar surface area (TPSA) is 151 Å². The summed E-state index contributed by atoms with van der Waals surface area (Å²) in [6.07, 6.45) is 4.11. The van der Waals surface area contributed by atoms with Gasteiger partial charge in [0.05, 0.1) is 13.2 Å². The summed E-state index contributed by atoms with van der Waals surface area (Å²) in [6.45, 7) is 5.81. The zero-order chi connectivity index (χ0) is 31.1. The van der Waals surface area contributed by atoms with Crippen molar-refractivity contribution in [2.75, 3.05) is 50.5 Å². The van der Waals surface area contributed by atoms with Crippen LogP contribution in [0.2, 0.25) is 0 Å². The number of esters is 1. The van der Waals surface area contributed by atoms with Crippen LogP contribution in [0.15, 0.2) is 44.2 Å². The van der Waals surface area contributed by atoms with Crippen molar-refractivity contribution in [3.63, 3.8) is 0 Å². The maximum absolute atomic E-state index is 13.7. The van der Waals surface area contributed by atoms with Gasteiger partial charge >= 0.3 is 5.97 Å². The molecule has 2 aliphatic rings. The highest BCUT2D eigenvalue weighted by molar-refractivity contribution is 7.14. The van der Waals surface area contributed by atoms with Crippen LogP contribution in [-0.4, -0.2) is 90.2 Å². The lowest BCUT2D eigenvalue weighted by Gasteiger charge is -2.25. The van der Waals surface area contributed by atoms with Crippen LogP contribution >= 0.6 is 11.3 Å². The highest BCUT2D eigenvalue weighted by Gasteiger charge is 2.30. The number of guanidine groups is 1. The fourth-order valence-electron chi connectivity index (χ4n) is 5.25. The number of ether oxygens (including phenoxy) is 1. The van der Waals surface area contributed by atoms with Crippen molar-refractivity contribution >= 4 is 62.6 Å². The van der Waals surface area contributed by atoms with Crippen LogP contribution in [0, 0.1) is 6.92 Å². The molecule has 2 N–H and O–H groups in total. The average molecular weight is 624 g/mol. The predicted octanol–water partition coefficient (Wildman–Crippen LogP) is 3.99. The number of nitrogens with zero attached hydrogens (tertiary/aromatic N) is 5. The molecule has 2 amide bonds. The first-order valence-electron chi connectivity index (χ1n) is 14.8. The van der Waals surface area contributed by atoms with Gasteiger partial charge in [-0.1, -0.05) is 5.16 Å². The summed E-state index contributed by atoms with van der Waals surface area (Å²) in [5.41, 5.74) is 1.68. The smallest absolute Gasteiger partial charge is 0.362 e. The first-order valence-corrected chi connectivity index (χ1v) is 15.7. The molecule has 0 unspecified atom stereocenters. The van der Waals surface area contributed by atoms with Crippen molar-refractivity contribution in [1.82, 2.24) is 14.8 Å². The number of nitrogens with one attached hydrogen (secondary N) is 2. The summed E-state index contributed by atoms with van der Waals surface area (Å²) in [7, 11) is 1.34. The van der Waals surface area contributed by atoms with Gasteiger partial charge in [0.15, 0.2) is 5.13 Å². The van der Waals surface area contributed by atoms with Crippen LogP contribution in [0.4, 0.5) is 10.8 Å². The van der Waals surface area contributed by atoms with Gasteiger partial charge in [-0.3, -0.25) is 9.59 Å². The largest absolute Gasteiger partial charge is 0.461 e. The zero-order valence-electron chi connectivity index (χ0n) is 25.1. The third-order valence-corrected chi connectivity index (χ3v) is 8.11. The lowest BCUT2D eigenvalue weighted by atomic mass is 10.1. The molecule has 2 aliphatic heterocycles. The summed E-state index contributed by atoms with van der Waals surface area (Å²) in [6, 6.07) is 6.88. The normalized spacial score (nSPS) is 18.0. The Labute approximate surface area is 259 Å². The number of aliphatic imine (C=N–C) groups is 1. The number of amides is 2. The van der Waals surface area contributed by atoms with E-state index in [2.05, 4.69) is 20.8 Å². The van der Waals surface area contributed by atoms with Gasteiger partial charge in [-0.2, -0.15) is 0 Å². The Bertz CT molecular complexity index is 1560. The van der Waals surface area contributed by atoms with Crippen LogP contribution in [-0.2, 0) is 24.0 Å². The summed E-state index contributed by atoms with van der Waals surface area (Å²) in [5.74, 6) is 0.217. The van der Waals surface area contributed by atoms with E-state index in [0.717, 1.165) is 61.2 Å². The Balaban J connectivity index is 1.41. The Morgan fingerprint density at radius 2 is 1.93 bits per heavy atom. The molecule has 2 fully saturated rings. The maximum Gasteiger partial charge on any atom is 0.362 e. The number of carbonyl (C=O) groups excluding carboxylic acids is 3. The minimum Gasteiger partial charge on any atom is -0.461 e. The van der Waals surface area contributed by atoms with Crippen LogP contribution in [0.1, 0.15) is 50.5 Å². The maximum atomic E-state index is 13.7. The fourth-order valence-corrected chi connectivity index (χ4v) is 5.95. The van der Waals surface area contributed by atoms with Crippen molar-refractivity contribution in [3.8, 4) is 0 Å². The second kappa shape index (κ2) is 14.3. The minimum atomic E-state index is -0.705. The third-order valence-electron chi connectivity index (χ3n) is 7.35. The Hall–Kier alpha value is -4.46. The summed E-state index contributed by atoms with van der Waals surface area (Å²) >= 11 is 1.23. The number of furan rings is 1. The van der Waals surface area contributed by atoms with Crippen LogP contribution in [0.5, 0.6) is 0 Å². The second-order valence-electron chi connectivity index (χ2n) is 10.6. The molecule has 4 heterocycles. The van der Waals surface area contributed by atoms with Gasteiger partial charge in [-0.05, 0) is 70.2 Å². The van der Waals surface area contributed by atoms with Crippen molar-refractivity contribution in [3.05, 3.63) is 41.1 Å². The molecular formula is C30H37N7O6S. The van der Waals surface area contributed by atoms with Gasteiger partial charge in [0.1, 0.15) is 30.2 Å². The third kappa shape index (κ3) is 7.54. The van der Waals surface area contributed by atoms with Gasteiger partial charge in [0, 0.05) is 36.1 Å². The van der Waals surface area contributed by atoms with E-state index in [4.69, 9.17) is 19.0 Å². The molecule has 1 atom stereocenters. The number of hydrogen-bond acceptors (Lipinski definition) is 10. The standard InChI is InChI=1S/C30H37N7O6S/c1-4-42-28(40)26(35-41-3)23-18-44-30(33-23)34-29(31-21-10-11-24-20(16-21)15-19(2)43-24)32-22-9-5-6-14-37(27(22)39)17-25(38)36-12-7-8-13-36/h10-11,15-16,18,22H,4-9,12-14,17H2,1-3H3,(H2,31,32,33,34)/t22-/m0/s1. The molecule has 3 aromatic rings. The van der Waals surface area contributed by atoms with Crippen LogP contribution in [0.25, 0.3) is 11.0 Å². The van der Waals surface area contributed by atoms with Gasteiger partial charge in [0.2, 0.25) is 23.5 Å². The Morgan fingerprint density at radius 1 is 1.14 bits per heavy atom. The molecule has 0 aliphatic carbocycles.